The molecule has 0 radical (unpaired) electrons. The number of aliphatic hydroxyl groups excluding tert-OH is 1. The molecule has 1 aromatic carbocycles. The van der Waals surface area contributed by atoms with E-state index < -0.39 is 6.10 Å². The first-order valence-electron chi connectivity index (χ1n) is 7.49. The molecule has 0 aliphatic heterocycles. The summed E-state index contributed by atoms with van der Waals surface area (Å²) in [6.45, 7) is 0.570. The number of aliphatic hydroxyl groups is 1. The van der Waals surface area contributed by atoms with Crippen molar-refractivity contribution < 1.29 is 9.84 Å². The van der Waals surface area contributed by atoms with Crippen LogP contribution in [0.25, 0.3) is 0 Å². The van der Waals surface area contributed by atoms with Crippen molar-refractivity contribution in [2.45, 2.75) is 37.9 Å². The molecule has 0 bridgehead atoms. The van der Waals surface area contributed by atoms with Crippen molar-refractivity contribution in [2.75, 3.05) is 7.11 Å². The van der Waals surface area contributed by atoms with Gasteiger partial charge in [-0.15, -0.1) is 0 Å². The van der Waals surface area contributed by atoms with Gasteiger partial charge in [-0.1, -0.05) is 30.3 Å². The maximum Gasteiger partial charge on any atom is 0.0873 e. The molecule has 0 saturated heterocycles. The highest BCUT2D eigenvalue weighted by Gasteiger charge is 2.28. The number of aryl methyl sites for hydroxylation is 1. The van der Waals surface area contributed by atoms with E-state index in [1.807, 2.05) is 36.5 Å². The van der Waals surface area contributed by atoms with Crippen LogP contribution in [0.1, 0.15) is 47.2 Å². The summed E-state index contributed by atoms with van der Waals surface area (Å²) in [4.78, 5) is 4.52. The third-order valence-corrected chi connectivity index (χ3v) is 4.22. The van der Waals surface area contributed by atoms with Crippen LogP contribution in [0, 0.1) is 0 Å². The minimum absolute atomic E-state index is 0.0905. The van der Waals surface area contributed by atoms with Crippen LogP contribution in [0.2, 0.25) is 0 Å². The van der Waals surface area contributed by atoms with Crippen molar-refractivity contribution >= 4 is 0 Å². The number of rotatable bonds is 4. The predicted molar refractivity (Wildman–Crippen MR) is 82.0 cm³/mol. The Bertz CT molecular complexity index is 612. The number of fused-ring (bicyclic) bond motifs is 1. The van der Waals surface area contributed by atoms with Crippen molar-refractivity contribution in [3.8, 4) is 0 Å². The number of benzene rings is 1. The lowest BCUT2D eigenvalue weighted by Crippen LogP contribution is -2.18. The number of methoxy groups -OCH3 is 1. The second-order valence-electron chi connectivity index (χ2n) is 5.67. The zero-order valence-corrected chi connectivity index (χ0v) is 12.3. The van der Waals surface area contributed by atoms with Crippen LogP contribution >= 0.6 is 0 Å². The van der Waals surface area contributed by atoms with E-state index in [9.17, 15) is 5.11 Å². The van der Waals surface area contributed by atoms with Crippen LogP contribution < -0.4 is 0 Å². The Hall–Kier alpha value is -1.71. The summed E-state index contributed by atoms with van der Waals surface area (Å²) >= 11 is 0. The van der Waals surface area contributed by atoms with Gasteiger partial charge < -0.3 is 9.84 Å². The van der Waals surface area contributed by atoms with Gasteiger partial charge in [0.15, 0.2) is 0 Å². The number of pyridine rings is 1. The molecule has 3 rings (SSSR count). The molecule has 110 valence electrons. The lowest BCUT2D eigenvalue weighted by molar-refractivity contribution is 0.133. The summed E-state index contributed by atoms with van der Waals surface area (Å²) in [7, 11) is 1.68. The molecule has 2 atom stereocenters. The zero-order chi connectivity index (χ0) is 14.7. The molecule has 0 saturated carbocycles. The summed E-state index contributed by atoms with van der Waals surface area (Å²) < 4.78 is 5.17. The number of aromatic nitrogens is 1. The average molecular weight is 283 g/mol. The molecule has 0 spiro atoms. The highest BCUT2D eigenvalue weighted by molar-refractivity contribution is 5.32. The minimum atomic E-state index is -0.504. The molecular weight excluding hydrogens is 262 g/mol. The second-order valence-corrected chi connectivity index (χ2v) is 5.67. The number of hydrogen-bond donors (Lipinski definition) is 1. The van der Waals surface area contributed by atoms with E-state index in [0.717, 1.165) is 36.1 Å². The van der Waals surface area contributed by atoms with Crippen LogP contribution in [0.5, 0.6) is 0 Å². The Morgan fingerprint density at radius 3 is 3.10 bits per heavy atom. The Kier molecular flexibility index (Phi) is 4.32. The van der Waals surface area contributed by atoms with Crippen molar-refractivity contribution in [1.29, 1.82) is 0 Å². The smallest absolute Gasteiger partial charge is 0.0873 e. The summed E-state index contributed by atoms with van der Waals surface area (Å²) in [5, 5.41) is 10.8. The van der Waals surface area contributed by atoms with E-state index in [1.54, 1.807) is 7.11 Å². The average Bonchev–Trinajstić information content (AvgIpc) is 2.54. The molecule has 2 aromatic rings. The molecule has 1 heterocycles. The molecule has 2 unspecified atom stereocenters. The Balaban J connectivity index is 1.89. The molecular formula is C18H21NO2. The highest BCUT2D eigenvalue weighted by atomic mass is 16.5. The van der Waals surface area contributed by atoms with Gasteiger partial charge in [0.05, 0.1) is 12.7 Å². The maximum atomic E-state index is 10.8. The quantitative estimate of drug-likeness (QED) is 0.935. The summed E-state index contributed by atoms with van der Waals surface area (Å²) in [6.07, 6.45) is 4.48. The number of ether oxygens (including phenoxy) is 1. The topological polar surface area (TPSA) is 42.4 Å². The van der Waals surface area contributed by atoms with Crippen molar-refractivity contribution in [3.05, 3.63) is 65.0 Å². The van der Waals surface area contributed by atoms with Crippen molar-refractivity contribution in [1.82, 2.24) is 4.98 Å². The van der Waals surface area contributed by atoms with Gasteiger partial charge >= 0.3 is 0 Å². The van der Waals surface area contributed by atoms with Crippen LogP contribution in [0.4, 0.5) is 0 Å². The van der Waals surface area contributed by atoms with Gasteiger partial charge in [0, 0.05) is 24.9 Å². The third-order valence-electron chi connectivity index (χ3n) is 4.22. The normalized spacial score (nSPS) is 19.0. The van der Waals surface area contributed by atoms with Gasteiger partial charge in [-0.2, -0.15) is 0 Å². The third kappa shape index (κ3) is 2.99. The molecule has 0 fully saturated rings. The number of hydrogen-bond acceptors (Lipinski definition) is 3. The lowest BCUT2D eigenvalue weighted by atomic mass is 9.81. The van der Waals surface area contributed by atoms with Crippen LogP contribution in [-0.2, 0) is 17.8 Å². The van der Waals surface area contributed by atoms with E-state index in [1.165, 1.54) is 5.56 Å². The van der Waals surface area contributed by atoms with Gasteiger partial charge in [0.1, 0.15) is 0 Å². The first-order valence-corrected chi connectivity index (χ1v) is 7.49. The van der Waals surface area contributed by atoms with Gasteiger partial charge in [0.2, 0.25) is 0 Å². The summed E-state index contributed by atoms with van der Waals surface area (Å²) in [6, 6.07) is 12.1. The monoisotopic (exact) mass is 283 g/mol. The molecule has 1 aliphatic rings. The first kappa shape index (κ1) is 14.2. The molecule has 3 nitrogen and oxygen atoms in total. The van der Waals surface area contributed by atoms with Crippen LogP contribution in [0.3, 0.4) is 0 Å². The zero-order valence-electron chi connectivity index (χ0n) is 12.3. The van der Waals surface area contributed by atoms with E-state index in [-0.39, 0.29) is 5.92 Å². The number of nitrogens with zero attached hydrogens (tertiary/aromatic N) is 1. The first-order chi connectivity index (χ1) is 10.3. The highest BCUT2D eigenvalue weighted by Crippen LogP contribution is 2.39. The molecule has 1 aromatic heterocycles. The lowest BCUT2D eigenvalue weighted by Gasteiger charge is -2.28. The van der Waals surface area contributed by atoms with Crippen LogP contribution in [0.15, 0.2) is 42.6 Å². The van der Waals surface area contributed by atoms with E-state index in [4.69, 9.17) is 4.74 Å². The minimum Gasteiger partial charge on any atom is -0.388 e. The van der Waals surface area contributed by atoms with Gasteiger partial charge in [0.25, 0.3) is 0 Å². The summed E-state index contributed by atoms with van der Waals surface area (Å²) in [5.41, 5.74) is 4.38. The fourth-order valence-electron chi connectivity index (χ4n) is 3.22. The second kappa shape index (κ2) is 6.37. The molecule has 21 heavy (non-hydrogen) atoms. The Labute approximate surface area is 125 Å². The Morgan fingerprint density at radius 2 is 2.24 bits per heavy atom. The molecule has 1 aliphatic carbocycles. The van der Waals surface area contributed by atoms with Gasteiger partial charge in [-0.25, -0.2) is 0 Å². The SMILES string of the molecule is COCc1cccc(C(O)C2CCCc3cccnc32)c1. The standard InChI is InChI=1S/C18H21NO2/c1-21-12-13-5-2-7-15(11-13)18(20)16-9-3-6-14-8-4-10-19-17(14)16/h2,4-5,7-8,10-11,16,18,20H,3,6,9,12H2,1H3. The van der Waals surface area contributed by atoms with Crippen molar-refractivity contribution in [3.63, 3.8) is 0 Å². The van der Waals surface area contributed by atoms with E-state index in [0.29, 0.717) is 6.61 Å². The van der Waals surface area contributed by atoms with E-state index >= 15 is 0 Å². The molecule has 3 heteroatoms. The van der Waals surface area contributed by atoms with E-state index in [2.05, 4.69) is 11.1 Å². The fourth-order valence-corrected chi connectivity index (χ4v) is 3.22. The molecule has 1 N–H and O–H groups in total. The van der Waals surface area contributed by atoms with Crippen molar-refractivity contribution in [2.24, 2.45) is 0 Å². The summed E-state index contributed by atoms with van der Waals surface area (Å²) in [5.74, 6) is 0.0905. The fraction of sp³-hybridized carbons (Fsp3) is 0.389. The van der Waals surface area contributed by atoms with Gasteiger partial charge in [-0.3, -0.25) is 4.98 Å². The van der Waals surface area contributed by atoms with Crippen LogP contribution in [-0.4, -0.2) is 17.2 Å². The largest absolute Gasteiger partial charge is 0.388 e. The maximum absolute atomic E-state index is 10.8. The van der Waals surface area contributed by atoms with Gasteiger partial charge in [-0.05, 0) is 42.0 Å². The predicted octanol–water partition coefficient (Wildman–Crippen LogP) is 3.38. The Morgan fingerprint density at radius 1 is 1.33 bits per heavy atom. The molecule has 0 amide bonds.